The van der Waals surface area contributed by atoms with Crippen molar-refractivity contribution in [3.05, 3.63) is 5.01 Å². The molecule has 1 atom stereocenters. The van der Waals surface area contributed by atoms with E-state index < -0.39 is 0 Å². The number of aromatic nitrogens is 2. The van der Waals surface area contributed by atoms with Crippen LogP contribution >= 0.6 is 11.3 Å². The van der Waals surface area contributed by atoms with Crippen LogP contribution in [-0.2, 0) is 4.74 Å². The molecule has 0 spiro atoms. The summed E-state index contributed by atoms with van der Waals surface area (Å²) in [7, 11) is 1.74. The van der Waals surface area contributed by atoms with Gasteiger partial charge in [-0.25, -0.2) is 0 Å². The summed E-state index contributed by atoms with van der Waals surface area (Å²) in [4.78, 5) is 13.5. The monoisotopic (exact) mass is 242 g/mol. The number of nitrogen functional groups attached to an aromatic ring is 1. The zero-order chi connectivity index (χ0) is 11.5. The average Bonchev–Trinajstić information content (AvgIpc) is 2.88. The van der Waals surface area contributed by atoms with Crippen molar-refractivity contribution in [1.29, 1.82) is 0 Å². The Kier molecular flexibility index (Phi) is 3.35. The van der Waals surface area contributed by atoms with E-state index in [4.69, 9.17) is 10.5 Å². The summed E-state index contributed by atoms with van der Waals surface area (Å²) in [5, 5.41) is 7.99. The Balaban J connectivity index is 1.93. The van der Waals surface area contributed by atoms with Crippen LogP contribution in [0.2, 0.25) is 0 Å². The largest absolute Gasteiger partial charge is 0.376 e. The molecular formula is C9H14N4O2S. The molecule has 0 aromatic carbocycles. The highest BCUT2D eigenvalue weighted by molar-refractivity contribution is 7.16. The first-order valence-electron chi connectivity index (χ1n) is 5.13. The van der Waals surface area contributed by atoms with Crippen LogP contribution in [0.4, 0.5) is 5.13 Å². The van der Waals surface area contributed by atoms with Gasteiger partial charge >= 0.3 is 0 Å². The van der Waals surface area contributed by atoms with Crippen molar-refractivity contribution < 1.29 is 9.53 Å². The summed E-state index contributed by atoms with van der Waals surface area (Å²) >= 11 is 1.11. The molecule has 1 fully saturated rings. The third kappa shape index (κ3) is 2.48. The molecule has 2 N–H and O–H groups in total. The van der Waals surface area contributed by atoms with Gasteiger partial charge in [0.1, 0.15) is 0 Å². The number of nitrogens with two attached hydrogens (primary N) is 1. The van der Waals surface area contributed by atoms with Crippen LogP contribution in [0.1, 0.15) is 22.6 Å². The van der Waals surface area contributed by atoms with Crippen molar-refractivity contribution in [1.82, 2.24) is 15.1 Å². The van der Waals surface area contributed by atoms with Gasteiger partial charge in [0.2, 0.25) is 10.1 Å². The minimum absolute atomic E-state index is 0.148. The molecule has 1 unspecified atom stereocenters. The molecule has 0 saturated carbocycles. The van der Waals surface area contributed by atoms with Crippen LogP contribution in [0, 0.1) is 0 Å². The van der Waals surface area contributed by atoms with Crippen molar-refractivity contribution in [3.63, 3.8) is 0 Å². The Bertz CT molecular complexity index is 375. The molecule has 2 heterocycles. The van der Waals surface area contributed by atoms with Gasteiger partial charge in [-0.3, -0.25) is 4.79 Å². The molecule has 6 nitrogen and oxygen atoms in total. The lowest BCUT2D eigenvalue weighted by atomic mass is 10.2. The van der Waals surface area contributed by atoms with Gasteiger partial charge in [-0.2, -0.15) is 0 Å². The summed E-state index contributed by atoms with van der Waals surface area (Å²) in [6.45, 7) is 1.39. The molecule has 1 aliphatic heterocycles. The highest BCUT2D eigenvalue weighted by Gasteiger charge is 2.22. The van der Waals surface area contributed by atoms with Crippen molar-refractivity contribution in [2.24, 2.45) is 0 Å². The molecule has 88 valence electrons. The number of carbonyl (C=O) groups excluding carboxylic acids is 1. The number of anilines is 1. The molecular weight excluding hydrogens is 228 g/mol. The molecule has 7 heteroatoms. The maximum Gasteiger partial charge on any atom is 0.284 e. The molecule has 0 aliphatic carbocycles. The first kappa shape index (κ1) is 11.3. The fourth-order valence-corrected chi connectivity index (χ4v) is 2.27. The zero-order valence-electron chi connectivity index (χ0n) is 9.05. The van der Waals surface area contributed by atoms with E-state index in [1.54, 1.807) is 11.9 Å². The quantitative estimate of drug-likeness (QED) is 0.828. The Hall–Kier alpha value is -1.21. The van der Waals surface area contributed by atoms with Gasteiger partial charge in [0, 0.05) is 20.2 Å². The number of carbonyl (C=O) groups is 1. The maximum absolute atomic E-state index is 11.9. The van der Waals surface area contributed by atoms with Crippen LogP contribution in [0.5, 0.6) is 0 Å². The van der Waals surface area contributed by atoms with Gasteiger partial charge in [-0.15, -0.1) is 10.2 Å². The van der Waals surface area contributed by atoms with Crippen LogP contribution < -0.4 is 5.73 Å². The lowest BCUT2D eigenvalue weighted by Gasteiger charge is -2.19. The first-order valence-corrected chi connectivity index (χ1v) is 5.94. The minimum Gasteiger partial charge on any atom is -0.376 e. The Morgan fingerprint density at radius 2 is 2.50 bits per heavy atom. The second kappa shape index (κ2) is 4.75. The van der Waals surface area contributed by atoms with E-state index >= 15 is 0 Å². The summed E-state index contributed by atoms with van der Waals surface area (Å²) in [6.07, 6.45) is 2.23. The lowest BCUT2D eigenvalue weighted by Crippen LogP contribution is -2.34. The summed E-state index contributed by atoms with van der Waals surface area (Å²) in [5.74, 6) is -0.148. The number of likely N-dealkylation sites (N-methyl/N-ethyl adjacent to an activating group) is 1. The fraction of sp³-hybridized carbons (Fsp3) is 0.667. The second-order valence-corrected chi connectivity index (χ2v) is 4.78. The van der Waals surface area contributed by atoms with Crippen molar-refractivity contribution >= 4 is 22.4 Å². The smallest absolute Gasteiger partial charge is 0.284 e. The van der Waals surface area contributed by atoms with Crippen LogP contribution in [-0.4, -0.2) is 47.3 Å². The zero-order valence-corrected chi connectivity index (χ0v) is 9.87. The third-order valence-corrected chi connectivity index (χ3v) is 3.21. The number of nitrogens with zero attached hydrogens (tertiary/aromatic N) is 3. The second-order valence-electron chi connectivity index (χ2n) is 3.77. The predicted molar refractivity (Wildman–Crippen MR) is 60.3 cm³/mol. The van der Waals surface area contributed by atoms with E-state index in [9.17, 15) is 4.79 Å². The minimum atomic E-state index is -0.148. The van der Waals surface area contributed by atoms with Gasteiger partial charge in [0.05, 0.1) is 6.10 Å². The Labute approximate surface area is 97.4 Å². The number of hydrogen-bond acceptors (Lipinski definition) is 6. The van der Waals surface area contributed by atoms with E-state index in [2.05, 4.69) is 10.2 Å². The molecule has 1 saturated heterocycles. The van der Waals surface area contributed by atoms with Gasteiger partial charge in [-0.05, 0) is 12.8 Å². The van der Waals surface area contributed by atoms with E-state index in [1.165, 1.54) is 0 Å². The highest BCUT2D eigenvalue weighted by Crippen LogP contribution is 2.16. The van der Waals surface area contributed by atoms with Gasteiger partial charge < -0.3 is 15.4 Å². The Morgan fingerprint density at radius 1 is 1.69 bits per heavy atom. The summed E-state index contributed by atoms with van der Waals surface area (Å²) < 4.78 is 5.46. The van der Waals surface area contributed by atoms with E-state index in [0.29, 0.717) is 16.7 Å². The third-order valence-electron chi connectivity index (χ3n) is 2.47. The average molecular weight is 242 g/mol. The van der Waals surface area contributed by atoms with E-state index in [-0.39, 0.29) is 12.0 Å². The van der Waals surface area contributed by atoms with Crippen molar-refractivity contribution in [3.8, 4) is 0 Å². The van der Waals surface area contributed by atoms with Crippen LogP contribution in [0.15, 0.2) is 0 Å². The number of hydrogen-bond donors (Lipinski definition) is 1. The number of amides is 1. The maximum atomic E-state index is 11.9. The topological polar surface area (TPSA) is 81.3 Å². The molecule has 1 aliphatic rings. The van der Waals surface area contributed by atoms with Crippen LogP contribution in [0.25, 0.3) is 0 Å². The molecule has 1 amide bonds. The van der Waals surface area contributed by atoms with Gasteiger partial charge in [-0.1, -0.05) is 11.3 Å². The standard InChI is InChI=1S/C9H14N4O2S/c1-13(5-6-3-2-4-15-6)8(14)7-11-12-9(10)16-7/h6H,2-5H2,1H3,(H2,10,12). The van der Waals surface area contributed by atoms with Gasteiger partial charge in [0.15, 0.2) is 0 Å². The number of ether oxygens (including phenoxy) is 1. The Morgan fingerprint density at radius 3 is 3.06 bits per heavy atom. The molecule has 0 bridgehead atoms. The van der Waals surface area contributed by atoms with Crippen molar-refractivity contribution in [2.45, 2.75) is 18.9 Å². The first-order chi connectivity index (χ1) is 7.66. The SMILES string of the molecule is CN(CC1CCCO1)C(=O)c1nnc(N)s1. The van der Waals surface area contributed by atoms with E-state index in [0.717, 1.165) is 30.8 Å². The molecule has 1 aromatic rings. The van der Waals surface area contributed by atoms with Gasteiger partial charge in [0.25, 0.3) is 5.91 Å². The fourth-order valence-electron chi connectivity index (χ4n) is 1.66. The summed E-state index contributed by atoms with van der Waals surface area (Å²) in [6, 6.07) is 0. The van der Waals surface area contributed by atoms with E-state index in [1.807, 2.05) is 0 Å². The predicted octanol–water partition coefficient (Wildman–Crippen LogP) is 0.371. The van der Waals surface area contributed by atoms with Crippen molar-refractivity contribution in [2.75, 3.05) is 25.9 Å². The molecule has 1 aromatic heterocycles. The molecule has 0 radical (unpaired) electrons. The summed E-state index contributed by atoms with van der Waals surface area (Å²) in [5.41, 5.74) is 5.43. The number of rotatable bonds is 3. The normalized spacial score (nSPS) is 19.9. The highest BCUT2D eigenvalue weighted by atomic mass is 32.1. The molecule has 2 rings (SSSR count). The van der Waals surface area contributed by atoms with Crippen LogP contribution in [0.3, 0.4) is 0 Å². The lowest BCUT2D eigenvalue weighted by molar-refractivity contribution is 0.0586. The molecule has 16 heavy (non-hydrogen) atoms.